The first kappa shape index (κ1) is 21.4. The first-order chi connectivity index (χ1) is 13.7. The normalized spacial score (nSPS) is 14.8. The minimum Gasteiger partial charge on any atom is -0.326 e. The second-order valence-corrected chi connectivity index (χ2v) is 10.5. The van der Waals surface area contributed by atoms with E-state index in [1.165, 1.54) is 23.9 Å². The van der Waals surface area contributed by atoms with Crippen molar-refractivity contribution < 1.29 is 18.0 Å². The maximum absolute atomic E-state index is 12.8. The Kier molecular flexibility index (Phi) is 6.33. The largest absolute Gasteiger partial charge is 0.326 e. The van der Waals surface area contributed by atoms with Gasteiger partial charge in [0.1, 0.15) is 0 Å². The highest BCUT2D eigenvalue weighted by molar-refractivity contribution is 8.00. The number of fused-ring (bicyclic) bond motifs is 1. The monoisotopic (exact) mass is 432 g/mol. The number of nitrogens with one attached hydrogen (secondary N) is 2. The fraction of sp³-hybridized carbons (Fsp3) is 0.333. The van der Waals surface area contributed by atoms with E-state index in [4.69, 9.17) is 0 Å². The molecule has 0 aliphatic carbocycles. The molecule has 1 aliphatic heterocycles. The molecular weight excluding hydrogens is 408 g/mol. The minimum absolute atomic E-state index is 0.0972. The van der Waals surface area contributed by atoms with Crippen LogP contribution < -0.4 is 10.6 Å². The van der Waals surface area contributed by atoms with Gasteiger partial charge in [-0.3, -0.25) is 9.59 Å². The first-order valence-corrected chi connectivity index (χ1v) is 12.0. The van der Waals surface area contributed by atoms with Gasteiger partial charge in [-0.05, 0) is 41.8 Å². The van der Waals surface area contributed by atoms with E-state index in [-0.39, 0.29) is 22.5 Å². The van der Waals surface area contributed by atoms with Gasteiger partial charge in [-0.1, -0.05) is 32.9 Å². The Morgan fingerprint density at radius 1 is 1.14 bits per heavy atom. The molecule has 6 nitrogen and oxygen atoms in total. The lowest BCUT2D eigenvalue weighted by atomic mass is 10.0. The number of carbonyl (C=O) groups is 2. The zero-order valence-electron chi connectivity index (χ0n) is 16.6. The Labute approximate surface area is 175 Å². The standard InChI is InChI=1S/C21H24N2O4S2/c1-13(2)15-4-6-16(7-5-15)22-21(25)14(3)12-29(26,27)17-8-9-19-18(10-17)23-20(24)11-28-19/h4-10,13-14H,11-12H2,1-3H3,(H,22,25)(H,23,24)/t14-/m0/s1. The molecule has 0 radical (unpaired) electrons. The third-order valence-corrected chi connectivity index (χ3v) is 7.69. The number of benzene rings is 2. The van der Waals surface area contributed by atoms with Gasteiger partial charge in [-0.15, -0.1) is 11.8 Å². The van der Waals surface area contributed by atoms with Gasteiger partial charge in [0.25, 0.3) is 0 Å². The van der Waals surface area contributed by atoms with Crippen LogP contribution in [0.4, 0.5) is 11.4 Å². The highest BCUT2D eigenvalue weighted by Crippen LogP contribution is 2.33. The molecule has 0 saturated heterocycles. The average molecular weight is 433 g/mol. The minimum atomic E-state index is -3.69. The molecule has 1 aliphatic rings. The number of amides is 2. The van der Waals surface area contributed by atoms with E-state index < -0.39 is 15.8 Å². The van der Waals surface area contributed by atoms with Gasteiger partial charge < -0.3 is 10.6 Å². The van der Waals surface area contributed by atoms with Gasteiger partial charge >= 0.3 is 0 Å². The molecule has 0 unspecified atom stereocenters. The zero-order chi connectivity index (χ0) is 21.2. The quantitative estimate of drug-likeness (QED) is 0.722. The number of hydrogen-bond donors (Lipinski definition) is 2. The molecule has 29 heavy (non-hydrogen) atoms. The highest BCUT2D eigenvalue weighted by Gasteiger charge is 2.25. The van der Waals surface area contributed by atoms with Crippen molar-refractivity contribution >= 4 is 44.8 Å². The molecule has 0 aromatic heterocycles. The smallest absolute Gasteiger partial charge is 0.234 e. The van der Waals surface area contributed by atoms with Crippen LogP contribution in [-0.4, -0.2) is 31.7 Å². The Morgan fingerprint density at radius 2 is 1.83 bits per heavy atom. The number of carbonyl (C=O) groups excluding carboxylic acids is 2. The molecule has 0 spiro atoms. The Hall–Kier alpha value is -2.32. The molecule has 2 aromatic carbocycles. The number of thioether (sulfide) groups is 1. The number of hydrogen-bond acceptors (Lipinski definition) is 5. The lowest BCUT2D eigenvalue weighted by Gasteiger charge is -2.18. The predicted molar refractivity (Wildman–Crippen MR) is 116 cm³/mol. The molecule has 3 rings (SSSR count). The van der Waals surface area contributed by atoms with Crippen LogP contribution in [0.25, 0.3) is 0 Å². The summed E-state index contributed by atoms with van der Waals surface area (Å²) in [6.07, 6.45) is 0. The topological polar surface area (TPSA) is 92.3 Å². The van der Waals surface area contributed by atoms with Crippen molar-refractivity contribution in [1.82, 2.24) is 0 Å². The van der Waals surface area contributed by atoms with Crippen LogP contribution in [0.5, 0.6) is 0 Å². The molecule has 1 heterocycles. The molecule has 0 fully saturated rings. The van der Waals surface area contributed by atoms with Crippen molar-refractivity contribution in [3.63, 3.8) is 0 Å². The van der Waals surface area contributed by atoms with Crippen LogP contribution in [0.15, 0.2) is 52.3 Å². The Balaban J connectivity index is 1.68. The summed E-state index contributed by atoms with van der Waals surface area (Å²) in [5.41, 5.74) is 2.29. The van der Waals surface area contributed by atoms with Crippen molar-refractivity contribution in [1.29, 1.82) is 0 Å². The maximum Gasteiger partial charge on any atom is 0.234 e. The average Bonchev–Trinajstić information content (AvgIpc) is 2.67. The van der Waals surface area contributed by atoms with Gasteiger partial charge in [0, 0.05) is 16.5 Å². The first-order valence-electron chi connectivity index (χ1n) is 9.36. The molecule has 154 valence electrons. The SMILES string of the molecule is CC(C)c1ccc(NC(=O)[C@@H](C)CS(=O)(=O)c2ccc3c(c2)NC(=O)CS3)cc1. The zero-order valence-corrected chi connectivity index (χ0v) is 18.2. The van der Waals surface area contributed by atoms with Crippen LogP contribution in [0.3, 0.4) is 0 Å². The van der Waals surface area contributed by atoms with Crippen molar-refractivity contribution in [2.45, 2.75) is 36.5 Å². The van der Waals surface area contributed by atoms with Crippen LogP contribution >= 0.6 is 11.8 Å². The van der Waals surface area contributed by atoms with Crippen molar-refractivity contribution in [2.24, 2.45) is 5.92 Å². The van der Waals surface area contributed by atoms with Gasteiger partial charge in [0.05, 0.1) is 22.1 Å². The summed E-state index contributed by atoms with van der Waals surface area (Å²) in [6.45, 7) is 5.77. The molecule has 0 saturated carbocycles. The lowest BCUT2D eigenvalue weighted by Crippen LogP contribution is -2.27. The summed E-state index contributed by atoms with van der Waals surface area (Å²) in [6, 6.07) is 12.2. The molecule has 2 N–H and O–H groups in total. The van der Waals surface area contributed by atoms with E-state index in [0.29, 0.717) is 23.0 Å². The van der Waals surface area contributed by atoms with E-state index in [2.05, 4.69) is 24.5 Å². The predicted octanol–water partition coefficient (Wildman–Crippen LogP) is 3.90. The number of rotatable bonds is 6. The Morgan fingerprint density at radius 3 is 2.48 bits per heavy atom. The van der Waals surface area contributed by atoms with E-state index in [0.717, 1.165) is 10.5 Å². The van der Waals surface area contributed by atoms with Crippen LogP contribution in [0.2, 0.25) is 0 Å². The van der Waals surface area contributed by atoms with E-state index >= 15 is 0 Å². The molecule has 1 atom stereocenters. The second kappa shape index (κ2) is 8.59. The fourth-order valence-corrected chi connectivity index (χ4v) is 5.34. The van der Waals surface area contributed by atoms with Crippen molar-refractivity contribution in [2.75, 3.05) is 22.1 Å². The second-order valence-electron chi connectivity index (χ2n) is 7.44. The van der Waals surface area contributed by atoms with Gasteiger partial charge in [-0.25, -0.2) is 8.42 Å². The van der Waals surface area contributed by atoms with Crippen LogP contribution in [0.1, 0.15) is 32.3 Å². The summed E-state index contributed by atoms with van der Waals surface area (Å²) >= 11 is 1.37. The molecule has 2 aromatic rings. The molecular formula is C21H24N2O4S2. The third kappa shape index (κ3) is 5.19. The number of anilines is 2. The van der Waals surface area contributed by atoms with Crippen molar-refractivity contribution in [3.8, 4) is 0 Å². The summed E-state index contributed by atoms with van der Waals surface area (Å²) in [4.78, 5) is 25.0. The fourth-order valence-electron chi connectivity index (χ4n) is 2.97. The van der Waals surface area contributed by atoms with Crippen molar-refractivity contribution in [3.05, 3.63) is 48.0 Å². The van der Waals surface area contributed by atoms with Crippen LogP contribution in [-0.2, 0) is 19.4 Å². The third-order valence-electron chi connectivity index (χ3n) is 4.70. The summed E-state index contributed by atoms with van der Waals surface area (Å²) in [5.74, 6) is -0.855. The van der Waals surface area contributed by atoms with E-state index in [1.807, 2.05) is 24.3 Å². The van der Waals surface area contributed by atoms with E-state index in [9.17, 15) is 18.0 Å². The molecule has 2 amide bonds. The lowest BCUT2D eigenvalue weighted by molar-refractivity contribution is -0.118. The Bertz CT molecular complexity index is 1030. The summed E-state index contributed by atoms with van der Waals surface area (Å²) < 4.78 is 25.6. The molecule has 8 heteroatoms. The van der Waals surface area contributed by atoms with Gasteiger partial charge in [0.15, 0.2) is 9.84 Å². The summed E-state index contributed by atoms with van der Waals surface area (Å²) in [5, 5.41) is 5.46. The van der Waals surface area contributed by atoms with Gasteiger partial charge in [0.2, 0.25) is 11.8 Å². The highest BCUT2D eigenvalue weighted by atomic mass is 32.2. The number of sulfone groups is 1. The van der Waals surface area contributed by atoms with E-state index in [1.54, 1.807) is 13.0 Å². The summed E-state index contributed by atoms with van der Waals surface area (Å²) in [7, 11) is -3.69. The van der Waals surface area contributed by atoms with Gasteiger partial charge in [-0.2, -0.15) is 0 Å². The van der Waals surface area contributed by atoms with Crippen LogP contribution in [0, 0.1) is 5.92 Å². The maximum atomic E-state index is 12.8. The molecule has 0 bridgehead atoms.